The Kier molecular flexibility index (Phi) is 6.87. The van der Waals surface area contributed by atoms with E-state index in [2.05, 4.69) is 54.9 Å². The molecule has 1 fully saturated rings. The van der Waals surface area contributed by atoms with Crippen LogP contribution in [0.3, 0.4) is 0 Å². The minimum Gasteiger partial charge on any atom is -0.442 e. The predicted molar refractivity (Wildman–Crippen MR) is 133 cm³/mol. The zero-order chi connectivity index (χ0) is 25.2. The second kappa shape index (κ2) is 9.86. The number of nitrogens with zero attached hydrogens (tertiary/aromatic N) is 2. The maximum Gasteiger partial charge on any atom is 0.414 e. The third kappa shape index (κ3) is 5.85. The number of nitrogens with one attached hydrogen (secondary N) is 1. The number of rotatable bonds is 6. The Labute approximate surface area is 205 Å². The molecule has 182 valence electrons. The molecule has 1 saturated heterocycles. The normalized spacial score (nSPS) is 15.7. The Morgan fingerprint density at radius 1 is 1.11 bits per heavy atom. The van der Waals surface area contributed by atoms with Crippen LogP contribution in [-0.4, -0.2) is 31.2 Å². The third-order valence-electron chi connectivity index (χ3n) is 6.10. The first-order chi connectivity index (χ1) is 16.6. The summed E-state index contributed by atoms with van der Waals surface area (Å²) in [6, 6.07) is 17.1. The van der Waals surface area contributed by atoms with Crippen LogP contribution in [0.1, 0.15) is 38.8 Å². The third-order valence-corrected chi connectivity index (χ3v) is 6.10. The first-order valence-corrected chi connectivity index (χ1v) is 11.7. The number of anilines is 1. The van der Waals surface area contributed by atoms with E-state index >= 15 is 4.39 Å². The quantitative estimate of drug-likeness (QED) is 0.530. The van der Waals surface area contributed by atoms with Crippen LogP contribution >= 0.6 is 0 Å². The van der Waals surface area contributed by atoms with Gasteiger partial charge in [0.2, 0.25) is 5.91 Å². The topological polar surface area (TPSA) is 62.5 Å². The molecule has 3 aromatic rings. The number of cyclic esters (lactones) is 1. The average Bonchev–Trinajstić information content (AvgIpc) is 3.18. The van der Waals surface area contributed by atoms with Crippen LogP contribution in [0.4, 0.5) is 14.9 Å². The summed E-state index contributed by atoms with van der Waals surface area (Å²) in [6.45, 7) is 9.19. The minimum absolute atomic E-state index is 0.121. The van der Waals surface area contributed by atoms with E-state index in [1.165, 1.54) is 29.0 Å². The molecule has 1 aliphatic heterocycles. The molecule has 0 unspecified atom stereocenters. The number of pyridine rings is 1. The largest absolute Gasteiger partial charge is 0.442 e. The number of hydrogen-bond donors (Lipinski definition) is 1. The van der Waals surface area contributed by atoms with Gasteiger partial charge in [-0.15, -0.1) is 0 Å². The molecule has 1 aliphatic rings. The molecular weight excluding hydrogens is 445 g/mol. The van der Waals surface area contributed by atoms with Crippen molar-refractivity contribution < 1.29 is 23.3 Å². The van der Waals surface area contributed by atoms with Crippen LogP contribution in [0.2, 0.25) is 0 Å². The van der Waals surface area contributed by atoms with E-state index < -0.39 is 18.0 Å². The molecule has 0 radical (unpaired) electrons. The van der Waals surface area contributed by atoms with Crippen LogP contribution in [0, 0.1) is 5.82 Å². The van der Waals surface area contributed by atoms with Gasteiger partial charge in [-0.1, -0.05) is 45.0 Å². The highest BCUT2D eigenvalue weighted by atomic mass is 19.1. The van der Waals surface area contributed by atoms with Crippen molar-refractivity contribution in [1.82, 2.24) is 5.32 Å². The van der Waals surface area contributed by atoms with Crippen LogP contribution < -0.4 is 14.8 Å². The Hall–Kier alpha value is -3.74. The molecule has 2 amide bonds. The van der Waals surface area contributed by atoms with Crippen molar-refractivity contribution in [1.29, 1.82) is 0 Å². The van der Waals surface area contributed by atoms with Gasteiger partial charge in [0.15, 0.2) is 18.9 Å². The van der Waals surface area contributed by atoms with Crippen molar-refractivity contribution in [3.63, 3.8) is 0 Å². The summed E-state index contributed by atoms with van der Waals surface area (Å²) in [5.74, 6) is -0.617. The van der Waals surface area contributed by atoms with Gasteiger partial charge in [-0.05, 0) is 34.7 Å². The van der Waals surface area contributed by atoms with Gasteiger partial charge in [0.1, 0.15) is 11.9 Å². The van der Waals surface area contributed by atoms with E-state index in [1.807, 2.05) is 24.5 Å². The van der Waals surface area contributed by atoms with E-state index in [9.17, 15) is 9.59 Å². The number of ether oxygens (including phenoxy) is 1. The molecule has 0 bridgehead atoms. The van der Waals surface area contributed by atoms with E-state index in [-0.39, 0.29) is 24.4 Å². The van der Waals surface area contributed by atoms with Crippen molar-refractivity contribution in [2.45, 2.75) is 45.8 Å². The number of amides is 2. The highest BCUT2D eigenvalue weighted by Gasteiger charge is 2.32. The molecular formula is C28H31FN3O3+. The van der Waals surface area contributed by atoms with E-state index in [0.29, 0.717) is 11.3 Å². The summed E-state index contributed by atoms with van der Waals surface area (Å²) in [5, 5.41) is 2.63. The fourth-order valence-corrected chi connectivity index (χ4v) is 4.07. The van der Waals surface area contributed by atoms with E-state index in [0.717, 1.165) is 12.1 Å². The molecule has 6 nitrogen and oxygen atoms in total. The lowest BCUT2D eigenvalue weighted by Gasteiger charge is -2.18. The van der Waals surface area contributed by atoms with Crippen molar-refractivity contribution in [3.05, 3.63) is 83.9 Å². The number of halogens is 1. The Bertz CT molecular complexity index is 1220. The molecule has 4 rings (SSSR count). The number of benzene rings is 2. The van der Waals surface area contributed by atoms with Gasteiger partial charge >= 0.3 is 6.09 Å². The summed E-state index contributed by atoms with van der Waals surface area (Å²) in [4.78, 5) is 24.7. The summed E-state index contributed by atoms with van der Waals surface area (Å²) in [7, 11) is 0. The summed E-state index contributed by atoms with van der Waals surface area (Å²) in [6.07, 6.45) is 2.85. The zero-order valence-corrected chi connectivity index (χ0v) is 20.5. The fourth-order valence-electron chi connectivity index (χ4n) is 4.07. The SMILES string of the molecule is CC(=O)NC[C@H]1CN(c2ccc(-c3cc[n+](Cc4ccc(C(C)(C)C)cc4)cc3)c(F)c2)C(=O)O1. The lowest BCUT2D eigenvalue weighted by atomic mass is 9.87. The summed E-state index contributed by atoms with van der Waals surface area (Å²) >= 11 is 0. The highest BCUT2D eigenvalue weighted by Crippen LogP contribution is 2.29. The van der Waals surface area contributed by atoms with Gasteiger partial charge in [-0.2, -0.15) is 0 Å². The average molecular weight is 477 g/mol. The second-order valence-electron chi connectivity index (χ2n) is 9.92. The summed E-state index contributed by atoms with van der Waals surface area (Å²) < 4.78 is 22.3. The monoisotopic (exact) mass is 476 g/mol. The number of carbonyl (C=O) groups is 2. The first kappa shape index (κ1) is 24.4. The molecule has 1 atom stereocenters. The zero-order valence-electron chi connectivity index (χ0n) is 20.5. The Morgan fingerprint density at radius 3 is 2.40 bits per heavy atom. The molecule has 1 N–H and O–H groups in total. The fraction of sp³-hybridized carbons (Fsp3) is 0.321. The predicted octanol–water partition coefficient (Wildman–Crippen LogP) is 4.59. The van der Waals surface area contributed by atoms with Crippen molar-refractivity contribution in [2.24, 2.45) is 0 Å². The van der Waals surface area contributed by atoms with Crippen molar-refractivity contribution >= 4 is 17.7 Å². The van der Waals surface area contributed by atoms with Gasteiger partial charge < -0.3 is 10.1 Å². The lowest BCUT2D eigenvalue weighted by molar-refractivity contribution is -0.688. The van der Waals surface area contributed by atoms with Gasteiger partial charge in [-0.25, -0.2) is 13.8 Å². The van der Waals surface area contributed by atoms with Gasteiger partial charge in [0.25, 0.3) is 0 Å². The maximum atomic E-state index is 15.0. The smallest absolute Gasteiger partial charge is 0.414 e. The second-order valence-corrected chi connectivity index (χ2v) is 9.92. The lowest BCUT2D eigenvalue weighted by Crippen LogP contribution is -2.33. The van der Waals surface area contributed by atoms with E-state index in [1.54, 1.807) is 12.1 Å². The summed E-state index contributed by atoms with van der Waals surface area (Å²) in [5.41, 5.74) is 4.24. The Morgan fingerprint density at radius 2 is 1.80 bits per heavy atom. The minimum atomic E-state index is -0.552. The molecule has 2 aromatic carbocycles. The number of hydrogen-bond acceptors (Lipinski definition) is 3. The first-order valence-electron chi connectivity index (χ1n) is 11.7. The molecule has 7 heteroatoms. The van der Waals surface area contributed by atoms with Crippen LogP contribution in [0.25, 0.3) is 11.1 Å². The van der Waals surface area contributed by atoms with Gasteiger partial charge in [-0.3, -0.25) is 9.69 Å². The molecule has 0 spiro atoms. The van der Waals surface area contributed by atoms with Crippen molar-refractivity contribution in [2.75, 3.05) is 18.0 Å². The molecule has 0 aliphatic carbocycles. The van der Waals surface area contributed by atoms with E-state index in [4.69, 9.17) is 4.74 Å². The van der Waals surface area contributed by atoms with Crippen LogP contribution in [0.5, 0.6) is 0 Å². The van der Waals surface area contributed by atoms with Crippen LogP contribution in [-0.2, 0) is 21.5 Å². The molecule has 2 heterocycles. The Balaban J connectivity index is 1.43. The molecule has 1 aromatic heterocycles. The molecule has 0 saturated carbocycles. The van der Waals surface area contributed by atoms with Gasteiger partial charge in [0.05, 0.1) is 18.8 Å². The van der Waals surface area contributed by atoms with Gasteiger partial charge in [0, 0.05) is 30.2 Å². The maximum absolute atomic E-state index is 15.0. The van der Waals surface area contributed by atoms with Crippen LogP contribution in [0.15, 0.2) is 67.0 Å². The number of aromatic nitrogens is 1. The standard InChI is InChI=1S/C28H30FN3O3/c1-19(33)30-16-24-18-32(27(34)35-24)23-9-10-25(26(29)15-23)21-11-13-31(14-12-21)17-20-5-7-22(8-6-20)28(2,3)4/h5-15,24H,16-18H2,1-4H3/p+1/t24-/m0/s1. The highest BCUT2D eigenvalue weighted by molar-refractivity contribution is 5.90. The number of carbonyl (C=O) groups excluding carboxylic acids is 2. The molecule has 35 heavy (non-hydrogen) atoms. The van der Waals surface area contributed by atoms with Crippen molar-refractivity contribution in [3.8, 4) is 11.1 Å².